The minimum atomic E-state index is 0.178. The Kier molecular flexibility index (Phi) is 4.87. The highest BCUT2D eigenvalue weighted by Gasteiger charge is 2.23. The lowest BCUT2D eigenvalue weighted by molar-refractivity contribution is 0.204. The van der Waals surface area contributed by atoms with Gasteiger partial charge in [0.05, 0.1) is 7.11 Å². The van der Waals surface area contributed by atoms with Gasteiger partial charge in [-0.05, 0) is 59.4 Å². The number of hydrogen-bond donors (Lipinski definition) is 0. The molecule has 0 aliphatic heterocycles. The van der Waals surface area contributed by atoms with Gasteiger partial charge in [-0.25, -0.2) is 0 Å². The Balaban J connectivity index is 1.46. The fraction of sp³-hybridized carbons (Fsp3) is 0.261. The first kappa shape index (κ1) is 16.6. The van der Waals surface area contributed by atoms with Crippen molar-refractivity contribution in [2.45, 2.75) is 31.8 Å². The first-order valence-electron chi connectivity index (χ1n) is 9.11. The second-order valence-electron chi connectivity index (χ2n) is 6.76. The molecule has 0 amide bonds. The van der Waals surface area contributed by atoms with Crippen molar-refractivity contribution in [3.63, 3.8) is 0 Å². The summed E-state index contributed by atoms with van der Waals surface area (Å²) in [6, 6.07) is 19.0. The summed E-state index contributed by atoms with van der Waals surface area (Å²) >= 11 is 0. The molecule has 3 heteroatoms. The Bertz CT molecular complexity index is 851. The third-order valence-corrected chi connectivity index (χ3v) is 4.99. The van der Waals surface area contributed by atoms with E-state index in [-0.39, 0.29) is 6.10 Å². The zero-order valence-corrected chi connectivity index (χ0v) is 15.0. The van der Waals surface area contributed by atoms with E-state index in [4.69, 9.17) is 9.47 Å². The Morgan fingerprint density at radius 3 is 2.23 bits per heavy atom. The topological polar surface area (TPSA) is 31.4 Å². The summed E-state index contributed by atoms with van der Waals surface area (Å²) in [5.41, 5.74) is 5.34. The Morgan fingerprint density at radius 2 is 1.54 bits per heavy atom. The summed E-state index contributed by atoms with van der Waals surface area (Å²) in [5, 5.41) is 0. The van der Waals surface area contributed by atoms with Crippen molar-refractivity contribution in [1.29, 1.82) is 0 Å². The molecule has 0 fully saturated rings. The highest BCUT2D eigenvalue weighted by molar-refractivity contribution is 5.44. The van der Waals surface area contributed by atoms with Gasteiger partial charge in [0.15, 0.2) is 11.5 Å². The maximum Gasteiger partial charge on any atom is 0.161 e. The van der Waals surface area contributed by atoms with Gasteiger partial charge >= 0.3 is 0 Å². The molecular formula is C23H23NO2. The van der Waals surface area contributed by atoms with E-state index in [0.717, 1.165) is 37.2 Å². The average molecular weight is 345 g/mol. The van der Waals surface area contributed by atoms with Gasteiger partial charge < -0.3 is 9.47 Å². The molecule has 2 aromatic carbocycles. The normalized spacial score (nSPS) is 13.4. The number of ether oxygens (including phenoxy) is 2. The van der Waals surface area contributed by atoms with E-state index in [1.807, 2.05) is 18.5 Å². The predicted octanol–water partition coefficient (Wildman–Crippen LogP) is 4.42. The van der Waals surface area contributed by atoms with Crippen LogP contribution < -0.4 is 9.47 Å². The Labute approximate surface area is 154 Å². The first-order valence-corrected chi connectivity index (χ1v) is 9.11. The predicted molar refractivity (Wildman–Crippen MR) is 103 cm³/mol. The lowest BCUT2D eigenvalue weighted by Crippen LogP contribution is -2.17. The second kappa shape index (κ2) is 7.61. The third-order valence-electron chi connectivity index (χ3n) is 4.99. The van der Waals surface area contributed by atoms with Gasteiger partial charge in [0.25, 0.3) is 0 Å². The quantitative estimate of drug-likeness (QED) is 0.663. The van der Waals surface area contributed by atoms with Gasteiger partial charge in [0, 0.05) is 25.2 Å². The number of nitrogens with zero attached hydrogens (tertiary/aromatic N) is 1. The number of pyridine rings is 1. The summed E-state index contributed by atoms with van der Waals surface area (Å²) in [4.78, 5) is 4.08. The zero-order chi connectivity index (χ0) is 17.8. The van der Waals surface area contributed by atoms with Gasteiger partial charge in [-0.15, -0.1) is 0 Å². The van der Waals surface area contributed by atoms with Crippen LogP contribution in [-0.2, 0) is 25.7 Å². The van der Waals surface area contributed by atoms with Crippen molar-refractivity contribution in [3.8, 4) is 11.5 Å². The molecule has 0 spiro atoms. The van der Waals surface area contributed by atoms with Crippen LogP contribution in [0.25, 0.3) is 0 Å². The summed E-state index contributed by atoms with van der Waals surface area (Å²) in [6.45, 7) is 0. The number of aromatic nitrogens is 1. The van der Waals surface area contributed by atoms with E-state index in [9.17, 15) is 0 Å². The Hall–Kier alpha value is -2.81. The van der Waals surface area contributed by atoms with Crippen molar-refractivity contribution in [2.24, 2.45) is 0 Å². The van der Waals surface area contributed by atoms with Crippen LogP contribution in [0.2, 0.25) is 0 Å². The minimum Gasteiger partial charge on any atom is -0.493 e. The van der Waals surface area contributed by atoms with Crippen molar-refractivity contribution < 1.29 is 9.47 Å². The zero-order valence-electron chi connectivity index (χ0n) is 15.0. The van der Waals surface area contributed by atoms with Crippen LogP contribution in [0.15, 0.2) is 67.0 Å². The smallest absolute Gasteiger partial charge is 0.161 e. The van der Waals surface area contributed by atoms with Crippen LogP contribution in [0.1, 0.15) is 22.3 Å². The van der Waals surface area contributed by atoms with E-state index >= 15 is 0 Å². The summed E-state index contributed by atoms with van der Waals surface area (Å²) < 4.78 is 11.9. The number of benzene rings is 2. The summed E-state index contributed by atoms with van der Waals surface area (Å²) in [7, 11) is 1.70. The molecule has 1 heterocycles. The standard InChI is InChI=1S/C23H23NO2/c1-25-22-9-8-18(7-6-17-10-12-24-13-11-17)14-23(22)26-21-15-19-4-2-3-5-20(19)16-21/h2-5,8-14,21H,6-7,15-16H2,1H3. The van der Waals surface area contributed by atoms with Gasteiger partial charge in [0.2, 0.25) is 0 Å². The molecule has 0 saturated carbocycles. The minimum absolute atomic E-state index is 0.178. The Morgan fingerprint density at radius 1 is 0.846 bits per heavy atom. The molecule has 0 bridgehead atoms. The van der Waals surface area contributed by atoms with Gasteiger partial charge in [-0.3, -0.25) is 4.98 Å². The van der Waals surface area contributed by atoms with Crippen LogP contribution in [0.5, 0.6) is 11.5 Å². The van der Waals surface area contributed by atoms with E-state index in [1.165, 1.54) is 22.3 Å². The number of aryl methyl sites for hydroxylation is 2. The molecule has 132 valence electrons. The molecule has 0 N–H and O–H groups in total. The molecule has 0 atom stereocenters. The molecule has 1 aliphatic rings. The van der Waals surface area contributed by atoms with Crippen molar-refractivity contribution in [3.05, 3.63) is 89.2 Å². The van der Waals surface area contributed by atoms with Gasteiger partial charge in [-0.1, -0.05) is 30.3 Å². The SMILES string of the molecule is COc1ccc(CCc2ccncc2)cc1OC1Cc2ccccc2C1. The maximum atomic E-state index is 6.34. The molecule has 26 heavy (non-hydrogen) atoms. The van der Waals surface area contributed by atoms with Crippen molar-refractivity contribution in [1.82, 2.24) is 4.98 Å². The number of methoxy groups -OCH3 is 1. The highest BCUT2D eigenvalue weighted by Crippen LogP contribution is 2.32. The summed E-state index contributed by atoms with van der Waals surface area (Å²) in [6.07, 6.45) is 7.74. The molecule has 0 radical (unpaired) electrons. The average Bonchev–Trinajstić information content (AvgIpc) is 3.09. The van der Waals surface area contributed by atoms with Gasteiger partial charge in [0.1, 0.15) is 6.10 Å². The van der Waals surface area contributed by atoms with Crippen LogP contribution in [0, 0.1) is 0 Å². The number of hydrogen-bond acceptors (Lipinski definition) is 3. The second-order valence-corrected chi connectivity index (χ2v) is 6.76. The van der Waals surface area contributed by atoms with Crippen molar-refractivity contribution in [2.75, 3.05) is 7.11 Å². The largest absolute Gasteiger partial charge is 0.493 e. The molecular weight excluding hydrogens is 322 g/mol. The lowest BCUT2D eigenvalue weighted by atomic mass is 10.0. The monoisotopic (exact) mass is 345 g/mol. The first-order chi connectivity index (χ1) is 12.8. The molecule has 0 unspecified atom stereocenters. The lowest BCUT2D eigenvalue weighted by Gasteiger charge is -2.17. The fourth-order valence-corrected chi connectivity index (χ4v) is 3.59. The van der Waals surface area contributed by atoms with Crippen LogP contribution in [-0.4, -0.2) is 18.2 Å². The molecule has 3 nitrogen and oxygen atoms in total. The summed E-state index contributed by atoms with van der Waals surface area (Å²) in [5.74, 6) is 1.64. The molecule has 1 aromatic heterocycles. The van der Waals surface area contributed by atoms with Crippen LogP contribution in [0.4, 0.5) is 0 Å². The van der Waals surface area contributed by atoms with E-state index in [2.05, 4.69) is 53.5 Å². The van der Waals surface area contributed by atoms with Crippen molar-refractivity contribution >= 4 is 0 Å². The highest BCUT2D eigenvalue weighted by atomic mass is 16.5. The van der Waals surface area contributed by atoms with Crippen LogP contribution in [0.3, 0.4) is 0 Å². The fourth-order valence-electron chi connectivity index (χ4n) is 3.59. The molecule has 1 aliphatic carbocycles. The van der Waals surface area contributed by atoms with E-state index in [1.54, 1.807) is 7.11 Å². The molecule has 4 rings (SSSR count). The van der Waals surface area contributed by atoms with Crippen LogP contribution >= 0.6 is 0 Å². The third kappa shape index (κ3) is 3.72. The van der Waals surface area contributed by atoms with Gasteiger partial charge in [-0.2, -0.15) is 0 Å². The number of rotatable bonds is 6. The molecule has 3 aromatic rings. The number of fused-ring (bicyclic) bond motifs is 1. The van der Waals surface area contributed by atoms with E-state index in [0.29, 0.717) is 0 Å². The van der Waals surface area contributed by atoms with E-state index < -0.39 is 0 Å². The maximum absolute atomic E-state index is 6.34. The molecule has 0 saturated heterocycles.